The van der Waals surface area contributed by atoms with Crippen LogP contribution in [0.4, 0.5) is 5.82 Å². The molecule has 122 valence electrons. The van der Waals surface area contributed by atoms with Gasteiger partial charge in [0.15, 0.2) is 5.82 Å². The minimum Gasteiger partial charge on any atom is -0.626 e. The Morgan fingerprint density at radius 3 is 2.35 bits per heavy atom. The summed E-state index contributed by atoms with van der Waals surface area (Å²) in [5.74, 6) is 3.33. The summed E-state index contributed by atoms with van der Waals surface area (Å²) in [5, 5.41) is 13.2. The Balaban J connectivity index is 2.07. The fourth-order valence-electron chi connectivity index (χ4n) is 2.66. The van der Waals surface area contributed by atoms with Crippen molar-refractivity contribution < 1.29 is 0 Å². The van der Waals surface area contributed by atoms with E-state index >= 15 is 0 Å². The standard InChI is InChI=1S/C18H23N3OS/c1-13(2)16-12-17(21(22)8-10-23-11-9-21)20-18(19-16)15-6-4-14(3)5-7-15/h4-7,12-13H,8-11H2,1-3H3. The molecule has 0 saturated carbocycles. The molecular weight excluding hydrogens is 306 g/mol. The summed E-state index contributed by atoms with van der Waals surface area (Å²) in [4.78, 5) is 9.34. The van der Waals surface area contributed by atoms with Crippen molar-refractivity contribution in [3.63, 3.8) is 0 Å². The van der Waals surface area contributed by atoms with Crippen molar-refractivity contribution in [2.75, 3.05) is 24.6 Å². The normalized spacial score (nSPS) is 17.4. The molecule has 1 aliphatic rings. The summed E-state index contributed by atoms with van der Waals surface area (Å²) in [5.41, 5.74) is 3.11. The van der Waals surface area contributed by atoms with Crippen LogP contribution in [0.3, 0.4) is 0 Å². The molecule has 1 aliphatic heterocycles. The highest BCUT2D eigenvalue weighted by Gasteiger charge is 2.27. The van der Waals surface area contributed by atoms with Gasteiger partial charge in [-0.3, -0.25) is 0 Å². The van der Waals surface area contributed by atoms with E-state index < -0.39 is 0 Å². The first-order valence-electron chi connectivity index (χ1n) is 8.10. The lowest BCUT2D eigenvalue weighted by molar-refractivity contribution is 0.397. The van der Waals surface area contributed by atoms with Crippen molar-refractivity contribution in [1.82, 2.24) is 14.6 Å². The van der Waals surface area contributed by atoms with E-state index in [9.17, 15) is 5.21 Å². The van der Waals surface area contributed by atoms with Crippen LogP contribution in [0.1, 0.15) is 31.0 Å². The van der Waals surface area contributed by atoms with E-state index in [2.05, 4.69) is 37.9 Å². The number of rotatable bonds is 3. The maximum Gasteiger partial charge on any atom is 0.231 e. The molecule has 3 rings (SSSR count). The van der Waals surface area contributed by atoms with Crippen LogP contribution in [0.2, 0.25) is 0 Å². The maximum atomic E-state index is 13.2. The zero-order chi connectivity index (χ0) is 16.4. The number of nitrogens with zero attached hydrogens (tertiary/aromatic N) is 3. The SMILES string of the molecule is Cc1ccc(-c2nc(C(C)C)cc([N+]3([O-])CCSCC3)n2)cc1. The summed E-state index contributed by atoms with van der Waals surface area (Å²) in [6.45, 7) is 7.45. The molecule has 1 saturated heterocycles. The molecule has 1 fully saturated rings. The fourth-order valence-corrected chi connectivity index (χ4v) is 3.71. The molecule has 0 amide bonds. The quantitative estimate of drug-likeness (QED) is 0.627. The van der Waals surface area contributed by atoms with Crippen molar-refractivity contribution in [2.45, 2.75) is 26.7 Å². The third kappa shape index (κ3) is 3.57. The van der Waals surface area contributed by atoms with Gasteiger partial charge in [0.25, 0.3) is 0 Å². The number of hydroxylamine groups is 2. The van der Waals surface area contributed by atoms with Crippen LogP contribution in [0.25, 0.3) is 11.4 Å². The zero-order valence-corrected chi connectivity index (χ0v) is 14.8. The first kappa shape index (κ1) is 16.4. The van der Waals surface area contributed by atoms with Crippen LogP contribution in [0.5, 0.6) is 0 Å². The van der Waals surface area contributed by atoms with Gasteiger partial charge in [0.2, 0.25) is 5.82 Å². The Bertz CT molecular complexity index is 679. The summed E-state index contributed by atoms with van der Waals surface area (Å²) in [6.07, 6.45) is 0. The second-order valence-corrected chi connectivity index (χ2v) is 7.67. The number of thioether (sulfide) groups is 1. The van der Waals surface area contributed by atoms with Gasteiger partial charge in [-0.25, -0.2) is 4.98 Å². The lowest BCUT2D eigenvalue weighted by atomic mass is 10.1. The van der Waals surface area contributed by atoms with Gasteiger partial charge in [-0.15, -0.1) is 0 Å². The van der Waals surface area contributed by atoms with Crippen LogP contribution >= 0.6 is 11.8 Å². The Labute approximate surface area is 142 Å². The first-order chi connectivity index (χ1) is 11.0. The predicted octanol–water partition coefficient (Wildman–Crippen LogP) is 4.13. The van der Waals surface area contributed by atoms with Crippen molar-refractivity contribution in [2.24, 2.45) is 0 Å². The molecule has 0 unspecified atom stereocenters. The molecule has 0 N–H and O–H groups in total. The third-order valence-electron chi connectivity index (χ3n) is 4.24. The fraction of sp³-hybridized carbons (Fsp3) is 0.444. The van der Waals surface area contributed by atoms with E-state index in [0.29, 0.717) is 24.7 Å². The van der Waals surface area contributed by atoms with Crippen LogP contribution in [0, 0.1) is 12.1 Å². The third-order valence-corrected chi connectivity index (χ3v) is 5.19. The molecule has 2 aromatic rings. The number of benzene rings is 1. The van der Waals surface area contributed by atoms with Crippen LogP contribution in [-0.2, 0) is 0 Å². The molecule has 0 atom stereocenters. The molecule has 5 heteroatoms. The average Bonchev–Trinajstić information content (AvgIpc) is 2.56. The van der Waals surface area contributed by atoms with Crippen molar-refractivity contribution >= 4 is 17.6 Å². The van der Waals surface area contributed by atoms with Gasteiger partial charge in [-0.05, 0) is 12.8 Å². The molecule has 4 nitrogen and oxygen atoms in total. The highest BCUT2D eigenvalue weighted by atomic mass is 32.2. The Kier molecular flexibility index (Phi) is 4.71. The molecule has 1 aromatic carbocycles. The highest BCUT2D eigenvalue weighted by Crippen LogP contribution is 2.29. The average molecular weight is 329 g/mol. The number of quaternary nitrogens is 1. The second-order valence-electron chi connectivity index (χ2n) is 6.44. The van der Waals surface area contributed by atoms with E-state index in [4.69, 9.17) is 4.98 Å². The monoisotopic (exact) mass is 329 g/mol. The van der Waals surface area contributed by atoms with Gasteiger partial charge in [-0.2, -0.15) is 16.7 Å². The predicted molar refractivity (Wildman–Crippen MR) is 98.5 cm³/mol. The lowest BCUT2D eigenvalue weighted by Crippen LogP contribution is -2.50. The minimum atomic E-state index is -0.325. The molecule has 0 spiro atoms. The van der Waals surface area contributed by atoms with Crippen LogP contribution < -0.4 is 4.65 Å². The van der Waals surface area contributed by atoms with Gasteiger partial charge >= 0.3 is 0 Å². The smallest absolute Gasteiger partial charge is 0.231 e. The maximum absolute atomic E-state index is 13.2. The van der Waals surface area contributed by atoms with Gasteiger partial charge in [-0.1, -0.05) is 43.7 Å². The molecule has 2 heterocycles. The Morgan fingerprint density at radius 1 is 1.09 bits per heavy atom. The van der Waals surface area contributed by atoms with E-state index in [1.165, 1.54) is 5.56 Å². The van der Waals surface area contributed by atoms with Crippen molar-refractivity contribution in [1.29, 1.82) is 0 Å². The van der Waals surface area contributed by atoms with E-state index in [-0.39, 0.29) is 10.6 Å². The van der Waals surface area contributed by atoms with Gasteiger partial charge in [0, 0.05) is 23.1 Å². The number of aromatic nitrogens is 2. The summed E-state index contributed by atoms with van der Waals surface area (Å²) in [7, 11) is 0. The van der Waals surface area contributed by atoms with Crippen molar-refractivity contribution in [3.8, 4) is 11.4 Å². The van der Waals surface area contributed by atoms with E-state index in [0.717, 1.165) is 22.8 Å². The van der Waals surface area contributed by atoms with E-state index in [1.54, 1.807) is 0 Å². The summed E-state index contributed by atoms with van der Waals surface area (Å²) in [6, 6.07) is 10.1. The number of aryl methyl sites for hydroxylation is 1. The molecule has 0 bridgehead atoms. The van der Waals surface area contributed by atoms with Crippen LogP contribution in [-0.4, -0.2) is 34.6 Å². The molecular formula is C18H23N3OS. The minimum absolute atomic E-state index is 0.270. The molecule has 1 aromatic heterocycles. The van der Waals surface area contributed by atoms with Gasteiger partial charge < -0.3 is 9.85 Å². The van der Waals surface area contributed by atoms with E-state index in [1.807, 2.05) is 30.0 Å². The molecule has 0 aliphatic carbocycles. The topological polar surface area (TPSA) is 48.8 Å². The van der Waals surface area contributed by atoms with Gasteiger partial charge in [0.1, 0.15) is 0 Å². The van der Waals surface area contributed by atoms with Crippen LogP contribution in [0.15, 0.2) is 30.3 Å². The lowest BCUT2D eigenvalue weighted by Gasteiger charge is -2.43. The van der Waals surface area contributed by atoms with Crippen molar-refractivity contribution in [3.05, 3.63) is 46.8 Å². The molecule has 23 heavy (non-hydrogen) atoms. The number of hydrogen-bond donors (Lipinski definition) is 0. The number of hydrogen-bond acceptors (Lipinski definition) is 4. The summed E-state index contributed by atoms with van der Waals surface area (Å²) >= 11 is 1.85. The second kappa shape index (κ2) is 6.59. The molecule has 0 radical (unpaired) electrons. The first-order valence-corrected chi connectivity index (χ1v) is 9.26. The van der Waals surface area contributed by atoms with Gasteiger partial charge in [0.05, 0.1) is 18.8 Å². The zero-order valence-electron chi connectivity index (χ0n) is 14.0. The Hall–Kier alpha value is -1.43. The highest BCUT2D eigenvalue weighted by molar-refractivity contribution is 7.99. The summed E-state index contributed by atoms with van der Waals surface area (Å²) < 4.78 is -0.325. The largest absolute Gasteiger partial charge is 0.626 e. The Morgan fingerprint density at radius 2 is 1.74 bits per heavy atom.